The molecule has 24 heavy (non-hydrogen) atoms. The number of hydrogen-bond donors (Lipinski definition) is 0. The van der Waals surface area contributed by atoms with Gasteiger partial charge in [0.2, 0.25) is 5.91 Å². The molecule has 3 heterocycles. The summed E-state index contributed by atoms with van der Waals surface area (Å²) in [5.41, 5.74) is -0.160. The Morgan fingerprint density at radius 3 is 2.62 bits per heavy atom. The fourth-order valence-electron chi connectivity index (χ4n) is 4.06. The van der Waals surface area contributed by atoms with Crippen molar-refractivity contribution in [1.82, 2.24) is 9.80 Å². The van der Waals surface area contributed by atoms with Gasteiger partial charge >= 0.3 is 6.03 Å². The molecule has 1 aromatic carbocycles. The second-order valence-electron chi connectivity index (χ2n) is 6.73. The number of halogens is 1. The Bertz CT molecular complexity index is 752. The van der Waals surface area contributed by atoms with E-state index in [1.54, 1.807) is 34.9 Å². The van der Waals surface area contributed by atoms with E-state index in [2.05, 4.69) is 0 Å². The molecule has 3 fully saturated rings. The zero-order chi connectivity index (χ0) is 17.1. The lowest BCUT2D eigenvalue weighted by Gasteiger charge is -2.23. The third-order valence-electron chi connectivity index (χ3n) is 5.39. The maximum atomic E-state index is 12.9. The molecule has 4 amide bonds. The van der Waals surface area contributed by atoms with E-state index < -0.39 is 11.6 Å². The van der Waals surface area contributed by atoms with E-state index in [-0.39, 0.29) is 17.8 Å². The Morgan fingerprint density at radius 1 is 1.17 bits per heavy atom. The number of rotatable bonds is 2. The summed E-state index contributed by atoms with van der Waals surface area (Å²) in [6, 6.07) is 6.04. The molecule has 0 radical (unpaired) electrons. The van der Waals surface area contributed by atoms with Crippen molar-refractivity contribution in [3.8, 4) is 0 Å². The van der Waals surface area contributed by atoms with E-state index in [4.69, 9.17) is 11.6 Å². The maximum absolute atomic E-state index is 12.9. The van der Waals surface area contributed by atoms with Crippen molar-refractivity contribution in [3.63, 3.8) is 0 Å². The lowest BCUT2D eigenvalue weighted by molar-refractivity contribution is -0.136. The highest BCUT2D eigenvalue weighted by atomic mass is 35.5. The van der Waals surface area contributed by atoms with Crippen LogP contribution in [0.15, 0.2) is 24.3 Å². The summed E-state index contributed by atoms with van der Waals surface area (Å²) in [4.78, 5) is 42.7. The zero-order valence-electron chi connectivity index (χ0n) is 13.4. The molecule has 6 nitrogen and oxygen atoms in total. The first-order valence-electron chi connectivity index (χ1n) is 8.16. The highest BCUT2D eigenvalue weighted by Gasteiger charge is 2.60. The summed E-state index contributed by atoms with van der Waals surface area (Å²) in [7, 11) is 0. The van der Waals surface area contributed by atoms with Gasteiger partial charge in [-0.3, -0.25) is 9.59 Å². The van der Waals surface area contributed by atoms with Gasteiger partial charge in [0.05, 0.1) is 10.7 Å². The molecule has 0 N–H and O–H groups in total. The average molecular weight is 348 g/mol. The minimum Gasteiger partial charge on any atom is -0.310 e. The van der Waals surface area contributed by atoms with Gasteiger partial charge in [-0.25, -0.2) is 9.69 Å². The van der Waals surface area contributed by atoms with Crippen molar-refractivity contribution in [3.05, 3.63) is 29.3 Å². The first-order valence-corrected chi connectivity index (χ1v) is 8.54. The number of imide groups is 1. The van der Waals surface area contributed by atoms with Crippen LogP contribution in [0.5, 0.6) is 0 Å². The summed E-state index contributed by atoms with van der Waals surface area (Å²) < 4.78 is 0. The van der Waals surface area contributed by atoms with Crippen LogP contribution in [0.3, 0.4) is 0 Å². The van der Waals surface area contributed by atoms with Gasteiger partial charge in [0, 0.05) is 13.1 Å². The molecule has 1 aromatic rings. The molecular weight excluding hydrogens is 330 g/mol. The molecule has 0 aromatic heterocycles. The first kappa shape index (κ1) is 15.4. The fraction of sp³-hybridized carbons (Fsp3) is 0.471. The second-order valence-corrected chi connectivity index (χ2v) is 7.14. The van der Waals surface area contributed by atoms with Gasteiger partial charge in [-0.1, -0.05) is 23.7 Å². The quantitative estimate of drug-likeness (QED) is 0.771. The third kappa shape index (κ3) is 1.92. The summed E-state index contributed by atoms with van der Waals surface area (Å²) in [6.07, 6.45) is 1.92. The second kappa shape index (κ2) is 5.21. The van der Waals surface area contributed by atoms with Gasteiger partial charge < -0.3 is 9.80 Å². The van der Waals surface area contributed by atoms with Gasteiger partial charge in [-0.2, -0.15) is 0 Å². The Kier molecular flexibility index (Phi) is 3.35. The number of nitrogens with zero attached hydrogens (tertiary/aromatic N) is 3. The smallest absolute Gasteiger partial charge is 0.310 e. The van der Waals surface area contributed by atoms with Crippen LogP contribution in [-0.4, -0.2) is 52.3 Å². The SMILES string of the molecule is C[C@@]12CCCN1C(=O)N([C@H]1CCN(c3ccccc3Cl)C1=O)C2=O. The maximum Gasteiger partial charge on any atom is 0.328 e. The highest BCUT2D eigenvalue weighted by molar-refractivity contribution is 6.34. The fourth-order valence-corrected chi connectivity index (χ4v) is 4.30. The van der Waals surface area contributed by atoms with E-state index in [0.717, 1.165) is 6.42 Å². The monoisotopic (exact) mass is 347 g/mol. The van der Waals surface area contributed by atoms with Gasteiger partial charge in [0.15, 0.2) is 0 Å². The van der Waals surface area contributed by atoms with Crippen LogP contribution in [0.1, 0.15) is 26.2 Å². The number of fused-ring (bicyclic) bond motifs is 1. The largest absolute Gasteiger partial charge is 0.328 e. The Labute approximate surface area is 144 Å². The normalized spacial score (nSPS) is 29.8. The number of para-hydroxylation sites is 1. The Morgan fingerprint density at radius 2 is 1.92 bits per heavy atom. The molecule has 2 atom stereocenters. The number of carbonyl (C=O) groups is 3. The van der Waals surface area contributed by atoms with E-state index in [1.807, 2.05) is 6.07 Å². The molecule has 0 bridgehead atoms. The predicted molar refractivity (Wildman–Crippen MR) is 88.8 cm³/mol. The number of anilines is 1. The topological polar surface area (TPSA) is 60.9 Å². The molecule has 3 aliphatic rings. The van der Waals surface area contributed by atoms with Crippen LogP contribution in [0, 0.1) is 0 Å². The lowest BCUT2D eigenvalue weighted by Crippen LogP contribution is -2.47. The van der Waals surface area contributed by atoms with Crippen molar-refractivity contribution >= 4 is 35.1 Å². The molecule has 0 saturated carbocycles. The molecule has 7 heteroatoms. The summed E-state index contributed by atoms with van der Waals surface area (Å²) in [6.45, 7) is 2.82. The summed E-state index contributed by atoms with van der Waals surface area (Å²) in [5.74, 6) is -0.487. The summed E-state index contributed by atoms with van der Waals surface area (Å²) in [5, 5.41) is 0.484. The van der Waals surface area contributed by atoms with Crippen molar-refractivity contribution in [2.45, 2.75) is 37.8 Å². The van der Waals surface area contributed by atoms with Crippen molar-refractivity contribution < 1.29 is 14.4 Å². The van der Waals surface area contributed by atoms with Crippen LogP contribution < -0.4 is 4.90 Å². The number of benzene rings is 1. The first-order chi connectivity index (χ1) is 11.4. The molecule has 3 saturated heterocycles. The standard InChI is InChI=1S/C17H18ClN3O3/c1-17-8-4-9-20(17)16(24)21(15(17)23)13-7-10-19(14(13)22)12-6-3-2-5-11(12)18/h2-3,5-6,13H,4,7-10H2,1H3/t13-,17-/m0/s1. The van der Waals surface area contributed by atoms with Crippen LogP contribution in [-0.2, 0) is 9.59 Å². The number of amides is 4. The van der Waals surface area contributed by atoms with Crippen LogP contribution >= 0.6 is 11.6 Å². The third-order valence-corrected chi connectivity index (χ3v) is 5.71. The molecule has 4 rings (SSSR count). The average Bonchev–Trinajstić information content (AvgIpc) is 3.17. The highest BCUT2D eigenvalue weighted by Crippen LogP contribution is 2.40. The molecular formula is C17H18ClN3O3. The van der Waals surface area contributed by atoms with E-state index >= 15 is 0 Å². The number of carbonyl (C=O) groups excluding carboxylic acids is 3. The summed E-state index contributed by atoms with van der Waals surface area (Å²) >= 11 is 6.18. The minimum atomic E-state index is -0.783. The molecule has 3 aliphatic heterocycles. The molecule has 0 unspecified atom stereocenters. The molecule has 126 valence electrons. The van der Waals surface area contributed by atoms with Crippen LogP contribution in [0.25, 0.3) is 0 Å². The van der Waals surface area contributed by atoms with Crippen LogP contribution in [0.2, 0.25) is 5.02 Å². The molecule has 0 spiro atoms. The van der Waals surface area contributed by atoms with Crippen LogP contribution in [0.4, 0.5) is 10.5 Å². The Balaban J connectivity index is 1.63. The molecule has 0 aliphatic carbocycles. The van der Waals surface area contributed by atoms with E-state index in [1.165, 1.54) is 4.90 Å². The van der Waals surface area contributed by atoms with Gasteiger partial charge in [-0.05, 0) is 38.3 Å². The van der Waals surface area contributed by atoms with Gasteiger partial charge in [0.25, 0.3) is 5.91 Å². The minimum absolute atomic E-state index is 0.241. The van der Waals surface area contributed by atoms with E-state index in [0.29, 0.717) is 36.6 Å². The van der Waals surface area contributed by atoms with Crippen molar-refractivity contribution in [2.24, 2.45) is 0 Å². The number of urea groups is 1. The van der Waals surface area contributed by atoms with Crippen molar-refractivity contribution in [2.75, 3.05) is 18.0 Å². The van der Waals surface area contributed by atoms with Crippen molar-refractivity contribution in [1.29, 1.82) is 0 Å². The zero-order valence-corrected chi connectivity index (χ0v) is 14.1. The van der Waals surface area contributed by atoms with Gasteiger partial charge in [-0.15, -0.1) is 0 Å². The predicted octanol–water partition coefficient (Wildman–Crippen LogP) is 2.26. The Hall–Kier alpha value is -2.08. The number of hydrogen-bond acceptors (Lipinski definition) is 3. The van der Waals surface area contributed by atoms with Gasteiger partial charge in [0.1, 0.15) is 11.6 Å². The van der Waals surface area contributed by atoms with E-state index in [9.17, 15) is 14.4 Å². The lowest BCUT2D eigenvalue weighted by atomic mass is 9.99.